The van der Waals surface area contributed by atoms with E-state index in [0.717, 1.165) is 12.0 Å². The molecular formula is C18H20O2S. The molecule has 0 aromatic heterocycles. The molecule has 3 heteroatoms. The third-order valence-corrected chi connectivity index (χ3v) is 5.13. The summed E-state index contributed by atoms with van der Waals surface area (Å²) in [5, 5.41) is -0.542. The highest BCUT2D eigenvalue weighted by molar-refractivity contribution is 7.86. The molecule has 0 aliphatic heterocycles. The van der Waals surface area contributed by atoms with Gasteiger partial charge in [-0.25, -0.2) is 0 Å². The predicted molar refractivity (Wildman–Crippen MR) is 87.2 cm³/mol. The molecule has 0 saturated carbocycles. The lowest BCUT2D eigenvalue weighted by molar-refractivity contribution is 0.0992. The van der Waals surface area contributed by atoms with Crippen LogP contribution in [0.4, 0.5) is 0 Å². The Hall–Kier alpha value is -1.74. The van der Waals surface area contributed by atoms with Gasteiger partial charge in [-0.15, -0.1) is 0 Å². The fourth-order valence-electron chi connectivity index (χ4n) is 2.18. The lowest BCUT2D eigenvalue weighted by Crippen LogP contribution is -2.22. The van der Waals surface area contributed by atoms with Crippen molar-refractivity contribution in [2.24, 2.45) is 0 Å². The van der Waals surface area contributed by atoms with Crippen LogP contribution in [0.5, 0.6) is 0 Å². The molecule has 0 fully saturated rings. The molecule has 2 nitrogen and oxygen atoms in total. The average Bonchev–Trinajstić information content (AvgIpc) is 2.53. The zero-order valence-electron chi connectivity index (χ0n) is 12.6. The van der Waals surface area contributed by atoms with Gasteiger partial charge in [0.25, 0.3) is 0 Å². The van der Waals surface area contributed by atoms with E-state index in [1.807, 2.05) is 55.5 Å². The van der Waals surface area contributed by atoms with E-state index < -0.39 is 16.0 Å². The van der Waals surface area contributed by atoms with Gasteiger partial charge in [0.2, 0.25) is 0 Å². The SMILES string of the molecule is CCc1ccc(C(=O)C(C)S(=O)c2cccc(C)c2)cc1. The summed E-state index contributed by atoms with van der Waals surface area (Å²) in [4.78, 5) is 13.2. The first-order chi connectivity index (χ1) is 10.0. The molecule has 0 saturated heterocycles. The van der Waals surface area contributed by atoms with Crippen molar-refractivity contribution in [1.82, 2.24) is 0 Å². The Morgan fingerprint density at radius 1 is 1.14 bits per heavy atom. The van der Waals surface area contributed by atoms with Crippen molar-refractivity contribution < 1.29 is 9.00 Å². The molecule has 0 radical (unpaired) electrons. The molecule has 2 rings (SSSR count). The van der Waals surface area contributed by atoms with E-state index in [1.165, 1.54) is 5.56 Å². The van der Waals surface area contributed by atoms with Crippen molar-refractivity contribution in [3.63, 3.8) is 0 Å². The number of Topliss-reactive ketones (excluding diaryl/α,β-unsaturated/α-hetero) is 1. The summed E-state index contributed by atoms with van der Waals surface area (Å²) in [6, 6.07) is 15.1. The number of carbonyl (C=O) groups excluding carboxylic acids is 1. The molecule has 0 spiro atoms. The first-order valence-corrected chi connectivity index (χ1v) is 8.34. The van der Waals surface area contributed by atoms with Crippen LogP contribution in [0.15, 0.2) is 53.4 Å². The summed E-state index contributed by atoms with van der Waals surface area (Å²) < 4.78 is 12.5. The minimum absolute atomic E-state index is 0.0718. The number of hydrogen-bond donors (Lipinski definition) is 0. The van der Waals surface area contributed by atoms with E-state index in [2.05, 4.69) is 6.92 Å². The Labute approximate surface area is 128 Å². The Balaban J connectivity index is 2.20. The van der Waals surface area contributed by atoms with E-state index in [4.69, 9.17) is 0 Å². The number of benzene rings is 2. The first kappa shape index (κ1) is 15.6. The first-order valence-electron chi connectivity index (χ1n) is 7.13. The highest BCUT2D eigenvalue weighted by Crippen LogP contribution is 2.17. The molecule has 0 heterocycles. The number of hydrogen-bond acceptors (Lipinski definition) is 2. The largest absolute Gasteiger partial charge is 0.293 e. The van der Waals surface area contributed by atoms with Gasteiger partial charge in [-0.05, 0) is 43.5 Å². The van der Waals surface area contributed by atoms with Gasteiger partial charge in [0.15, 0.2) is 5.78 Å². The molecule has 0 amide bonds. The minimum Gasteiger partial charge on any atom is -0.293 e. The average molecular weight is 300 g/mol. The Morgan fingerprint density at radius 3 is 2.38 bits per heavy atom. The Bertz CT molecular complexity index is 659. The van der Waals surface area contributed by atoms with Crippen molar-refractivity contribution in [2.45, 2.75) is 37.3 Å². The van der Waals surface area contributed by atoms with E-state index >= 15 is 0 Å². The highest BCUT2D eigenvalue weighted by Gasteiger charge is 2.22. The van der Waals surface area contributed by atoms with Gasteiger partial charge in [-0.2, -0.15) is 0 Å². The van der Waals surface area contributed by atoms with Gasteiger partial charge in [0, 0.05) is 10.5 Å². The second-order valence-corrected chi connectivity index (χ2v) is 6.94. The summed E-state index contributed by atoms with van der Waals surface area (Å²) >= 11 is 0. The summed E-state index contributed by atoms with van der Waals surface area (Å²) in [7, 11) is -1.33. The van der Waals surface area contributed by atoms with Crippen LogP contribution in [0.2, 0.25) is 0 Å². The molecule has 21 heavy (non-hydrogen) atoms. The maximum absolute atomic E-state index is 12.5. The zero-order chi connectivity index (χ0) is 15.4. The van der Waals surface area contributed by atoms with E-state index in [9.17, 15) is 9.00 Å². The van der Waals surface area contributed by atoms with E-state index in [-0.39, 0.29) is 5.78 Å². The summed E-state index contributed by atoms with van der Waals surface area (Å²) in [6.07, 6.45) is 0.944. The Kier molecular flexibility index (Phi) is 5.07. The third kappa shape index (κ3) is 3.67. The van der Waals surface area contributed by atoms with Gasteiger partial charge in [-0.3, -0.25) is 9.00 Å². The van der Waals surface area contributed by atoms with Gasteiger partial charge >= 0.3 is 0 Å². The fourth-order valence-corrected chi connectivity index (χ4v) is 3.43. The second-order valence-electron chi connectivity index (χ2n) is 5.17. The molecule has 0 aliphatic carbocycles. The highest BCUT2D eigenvalue weighted by atomic mass is 32.2. The molecule has 110 valence electrons. The predicted octanol–water partition coefficient (Wildman–Crippen LogP) is 3.94. The third-order valence-electron chi connectivity index (χ3n) is 3.56. The normalized spacial score (nSPS) is 13.7. The summed E-state index contributed by atoms with van der Waals surface area (Å²) in [5.41, 5.74) is 2.87. The molecular weight excluding hydrogens is 280 g/mol. The zero-order valence-corrected chi connectivity index (χ0v) is 13.4. The molecule has 2 aromatic rings. The van der Waals surface area contributed by atoms with Crippen LogP contribution in [0.1, 0.15) is 35.3 Å². The minimum atomic E-state index is -1.33. The van der Waals surface area contributed by atoms with Crippen LogP contribution in [0.25, 0.3) is 0 Å². The van der Waals surface area contributed by atoms with Gasteiger partial charge in [-0.1, -0.05) is 43.3 Å². The number of carbonyl (C=O) groups is 1. The van der Waals surface area contributed by atoms with Gasteiger partial charge in [0.05, 0.1) is 16.0 Å². The van der Waals surface area contributed by atoms with Crippen LogP contribution in [0, 0.1) is 6.92 Å². The van der Waals surface area contributed by atoms with Crippen molar-refractivity contribution in [2.75, 3.05) is 0 Å². The van der Waals surface area contributed by atoms with Crippen molar-refractivity contribution in [3.05, 3.63) is 65.2 Å². The van der Waals surface area contributed by atoms with Crippen LogP contribution in [-0.4, -0.2) is 15.2 Å². The summed E-state index contributed by atoms with van der Waals surface area (Å²) in [6.45, 7) is 5.76. The van der Waals surface area contributed by atoms with E-state index in [1.54, 1.807) is 6.92 Å². The molecule has 2 atom stereocenters. The number of rotatable bonds is 5. The standard InChI is InChI=1S/C18H20O2S/c1-4-15-8-10-16(11-9-15)18(19)14(3)21(20)17-7-5-6-13(2)12-17/h5-12,14H,4H2,1-3H3. The summed E-state index contributed by atoms with van der Waals surface area (Å²) in [5.74, 6) is -0.0718. The van der Waals surface area contributed by atoms with E-state index in [0.29, 0.717) is 10.5 Å². The maximum atomic E-state index is 12.5. The van der Waals surface area contributed by atoms with Crippen molar-refractivity contribution in [3.8, 4) is 0 Å². The lowest BCUT2D eigenvalue weighted by Gasteiger charge is -2.11. The van der Waals surface area contributed by atoms with Crippen LogP contribution >= 0.6 is 0 Å². The molecule has 0 bridgehead atoms. The van der Waals surface area contributed by atoms with Crippen molar-refractivity contribution >= 4 is 16.6 Å². The van der Waals surface area contributed by atoms with Crippen LogP contribution in [-0.2, 0) is 17.2 Å². The smallest absolute Gasteiger partial charge is 0.178 e. The topological polar surface area (TPSA) is 34.1 Å². The van der Waals surface area contributed by atoms with Gasteiger partial charge < -0.3 is 0 Å². The maximum Gasteiger partial charge on any atom is 0.178 e. The fraction of sp³-hybridized carbons (Fsp3) is 0.278. The van der Waals surface area contributed by atoms with Crippen molar-refractivity contribution in [1.29, 1.82) is 0 Å². The van der Waals surface area contributed by atoms with Crippen LogP contribution in [0.3, 0.4) is 0 Å². The molecule has 0 aliphatic rings. The van der Waals surface area contributed by atoms with Crippen LogP contribution < -0.4 is 0 Å². The number of aryl methyl sites for hydroxylation is 2. The second kappa shape index (κ2) is 6.81. The molecule has 0 N–H and O–H groups in total. The molecule has 2 unspecified atom stereocenters. The number of ketones is 1. The van der Waals surface area contributed by atoms with Gasteiger partial charge in [0.1, 0.15) is 0 Å². The Morgan fingerprint density at radius 2 is 1.81 bits per heavy atom. The monoisotopic (exact) mass is 300 g/mol. The quantitative estimate of drug-likeness (QED) is 0.784. The lowest BCUT2D eigenvalue weighted by atomic mass is 10.1. The molecule has 2 aromatic carbocycles.